The Kier molecular flexibility index (Phi) is 5.41. The zero-order valence-corrected chi connectivity index (χ0v) is 13.5. The van der Waals surface area contributed by atoms with Gasteiger partial charge in [0.1, 0.15) is 0 Å². The van der Waals surface area contributed by atoms with Crippen LogP contribution in [-0.2, 0) is 6.42 Å². The third-order valence-corrected chi connectivity index (χ3v) is 4.03. The molecule has 0 spiro atoms. The minimum absolute atomic E-state index is 0.585. The predicted molar refractivity (Wildman–Crippen MR) is 84.8 cm³/mol. The lowest BCUT2D eigenvalue weighted by atomic mass is 10.1. The fourth-order valence-electron chi connectivity index (χ4n) is 2.08. The fourth-order valence-corrected chi connectivity index (χ4v) is 2.88. The van der Waals surface area contributed by atoms with Gasteiger partial charge in [-0.1, -0.05) is 0 Å². The summed E-state index contributed by atoms with van der Waals surface area (Å²) in [5.41, 5.74) is 1.80. The average Bonchev–Trinajstić information content (AvgIpc) is 2.99. The summed E-state index contributed by atoms with van der Waals surface area (Å²) in [6.45, 7) is 0.913. The fraction of sp³-hybridized carbons (Fsp3) is 0.400. The van der Waals surface area contributed by atoms with Gasteiger partial charge < -0.3 is 19.5 Å². The highest BCUT2D eigenvalue weighted by molar-refractivity contribution is 7.09. The number of rotatable bonds is 7. The highest BCUT2D eigenvalue weighted by Crippen LogP contribution is 2.44. The molecule has 0 saturated carbocycles. The Bertz CT molecular complexity index is 599. The highest BCUT2D eigenvalue weighted by Gasteiger charge is 2.18. The van der Waals surface area contributed by atoms with Crippen LogP contribution in [0.1, 0.15) is 5.01 Å². The minimum Gasteiger partial charge on any atom is -0.493 e. The first-order valence-electron chi connectivity index (χ1n) is 6.63. The van der Waals surface area contributed by atoms with Gasteiger partial charge in [0.2, 0.25) is 5.75 Å². The molecule has 1 N–H and O–H groups in total. The van der Waals surface area contributed by atoms with Gasteiger partial charge >= 0.3 is 0 Å². The summed E-state index contributed by atoms with van der Waals surface area (Å²) in [7, 11) is 6.76. The molecule has 6 heteroatoms. The van der Waals surface area contributed by atoms with Crippen molar-refractivity contribution in [3.8, 4) is 28.5 Å². The van der Waals surface area contributed by atoms with Crippen LogP contribution in [0.15, 0.2) is 17.5 Å². The second-order valence-electron chi connectivity index (χ2n) is 4.36. The molecule has 0 unspecified atom stereocenters. The van der Waals surface area contributed by atoms with Crippen LogP contribution in [0.25, 0.3) is 11.3 Å². The molecule has 5 nitrogen and oxygen atoms in total. The lowest BCUT2D eigenvalue weighted by molar-refractivity contribution is 0.325. The van der Waals surface area contributed by atoms with Gasteiger partial charge in [0.15, 0.2) is 11.5 Å². The van der Waals surface area contributed by atoms with Crippen LogP contribution < -0.4 is 19.5 Å². The van der Waals surface area contributed by atoms with Gasteiger partial charge in [-0.15, -0.1) is 11.3 Å². The second-order valence-corrected chi connectivity index (χ2v) is 5.30. The van der Waals surface area contributed by atoms with Gasteiger partial charge in [-0.25, -0.2) is 4.98 Å². The molecule has 1 aromatic heterocycles. The van der Waals surface area contributed by atoms with Crippen LogP contribution in [0.3, 0.4) is 0 Å². The molecular formula is C15H20N2O3S. The lowest BCUT2D eigenvalue weighted by Gasteiger charge is -2.14. The van der Waals surface area contributed by atoms with E-state index in [2.05, 4.69) is 10.3 Å². The summed E-state index contributed by atoms with van der Waals surface area (Å²) in [4.78, 5) is 4.66. The van der Waals surface area contributed by atoms with E-state index in [0.29, 0.717) is 17.2 Å². The molecular weight excluding hydrogens is 288 g/mol. The lowest BCUT2D eigenvalue weighted by Crippen LogP contribution is -2.09. The maximum atomic E-state index is 5.50. The number of likely N-dealkylation sites (N-methyl/N-ethyl adjacent to an activating group) is 1. The topological polar surface area (TPSA) is 52.6 Å². The first-order chi connectivity index (χ1) is 10.2. The molecule has 0 aliphatic rings. The van der Waals surface area contributed by atoms with E-state index in [0.717, 1.165) is 29.2 Å². The van der Waals surface area contributed by atoms with E-state index < -0.39 is 0 Å². The molecule has 0 radical (unpaired) electrons. The Morgan fingerprint density at radius 2 is 1.86 bits per heavy atom. The Hall–Kier alpha value is -1.79. The summed E-state index contributed by atoms with van der Waals surface area (Å²) in [5.74, 6) is 1.87. The van der Waals surface area contributed by atoms with Crippen LogP contribution in [0, 0.1) is 0 Å². The van der Waals surface area contributed by atoms with Gasteiger partial charge in [-0.2, -0.15) is 0 Å². The maximum Gasteiger partial charge on any atom is 0.203 e. The molecule has 0 aliphatic heterocycles. The zero-order valence-electron chi connectivity index (χ0n) is 12.7. The van der Waals surface area contributed by atoms with Gasteiger partial charge in [-0.3, -0.25) is 0 Å². The number of nitrogens with one attached hydrogen (secondary N) is 1. The molecule has 0 bridgehead atoms. The van der Waals surface area contributed by atoms with E-state index in [-0.39, 0.29) is 0 Å². The number of methoxy groups -OCH3 is 3. The van der Waals surface area contributed by atoms with Crippen molar-refractivity contribution in [1.82, 2.24) is 10.3 Å². The van der Waals surface area contributed by atoms with E-state index in [1.54, 1.807) is 32.7 Å². The standard InChI is InChI=1S/C15H20N2O3S/c1-16-8-7-13-17-11(9-21-13)10-5-6-12(18-2)15(20-4)14(10)19-3/h5-6,9,16H,7-8H2,1-4H3. The van der Waals surface area contributed by atoms with Crippen LogP contribution >= 0.6 is 11.3 Å². The Labute approximate surface area is 128 Å². The Balaban J connectivity index is 2.41. The van der Waals surface area contributed by atoms with E-state index in [4.69, 9.17) is 14.2 Å². The van der Waals surface area contributed by atoms with Gasteiger partial charge in [0.25, 0.3) is 0 Å². The van der Waals surface area contributed by atoms with Crippen molar-refractivity contribution in [3.05, 3.63) is 22.5 Å². The molecule has 114 valence electrons. The third-order valence-electron chi connectivity index (χ3n) is 3.12. The van der Waals surface area contributed by atoms with E-state index in [1.165, 1.54) is 0 Å². The first kappa shape index (κ1) is 15.6. The summed E-state index contributed by atoms with van der Waals surface area (Å²) in [6, 6.07) is 3.81. The Morgan fingerprint density at radius 3 is 2.48 bits per heavy atom. The van der Waals surface area contributed by atoms with Crippen molar-refractivity contribution >= 4 is 11.3 Å². The van der Waals surface area contributed by atoms with Crippen LogP contribution in [0.4, 0.5) is 0 Å². The molecule has 21 heavy (non-hydrogen) atoms. The summed E-state index contributed by atoms with van der Waals surface area (Å²) < 4.78 is 16.2. The normalized spacial score (nSPS) is 10.5. The van der Waals surface area contributed by atoms with Crippen LogP contribution in [-0.4, -0.2) is 39.9 Å². The van der Waals surface area contributed by atoms with Gasteiger partial charge in [-0.05, 0) is 19.2 Å². The van der Waals surface area contributed by atoms with Crippen molar-refractivity contribution < 1.29 is 14.2 Å². The maximum absolute atomic E-state index is 5.50. The largest absolute Gasteiger partial charge is 0.493 e. The average molecular weight is 308 g/mol. The SMILES string of the molecule is CNCCc1nc(-c2ccc(OC)c(OC)c2OC)cs1. The molecule has 0 fully saturated rings. The number of aromatic nitrogens is 1. The molecule has 0 amide bonds. The third kappa shape index (κ3) is 3.28. The molecule has 0 saturated heterocycles. The number of thiazole rings is 1. The summed E-state index contributed by atoms with van der Waals surface area (Å²) in [6.07, 6.45) is 0.913. The second kappa shape index (κ2) is 7.28. The van der Waals surface area contributed by atoms with E-state index >= 15 is 0 Å². The molecule has 2 rings (SSSR count). The number of hydrogen-bond acceptors (Lipinski definition) is 6. The van der Waals surface area contributed by atoms with Crippen molar-refractivity contribution in [1.29, 1.82) is 0 Å². The van der Waals surface area contributed by atoms with Gasteiger partial charge in [0, 0.05) is 23.9 Å². The van der Waals surface area contributed by atoms with Crippen LogP contribution in [0.2, 0.25) is 0 Å². The van der Waals surface area contributed by atoms with Crippen molar-refractivity contribution in [2.24, 2.45) is 0 Å². The molecule has 2 aromatic rings. The smallest absolute Gasteiger partial charge is 0.203 e. The predicted octanol–water partition coefficient (Wildman–Crippen LogP) is 2.60. The van der Waals surface area contributed by atoms with Gasteiger partial charge in [0.05, 0.1) is 32.0 Å². The van der Waals surface area contributed by atoms with E-state index in [9.17, 15) is 0 Å². The van der Waals surface area contributed by atoms with Crippen molar-refractivity contribution in [2.75, 3.05) is 34.9 Å². The molecule has 0 aliphatic carbocycles. The number of benzene rings is 1. The number of ether oxygens (including phenoxy) is 3. The molecule has 1 aromatic carbocycles. The highest BCUT2D eigenvalue weighted by atomic mass is 32.1. The monoisotopic (exact) mass is 308 g/mol. The minimum atomic E-state index is 0.585. The first-order valence-corrected chi connectivity index (χ1v) is 7.51. The van der Waals surface area contributed by atoms with Crippen molar-refractivity contribution in [2.45, 2.75) is 6.42 Å². The summed E-state index contributed by atoms with van der Waals surface area (Å²) in [5, 5.41) is 6.26. The van der Waals surface area contributed by atoms with Crippen LogP contribution in [0.5, 0.6) is 17.2 Å². The number of hydrogen-bond donors (Lipinski definition) is 1. The zero-order chi connectivity index (χ0) is 15.2. The molecule has 1 heterocycles. The Morgan fingerprint density at radius 1 is 1.10 bits per heavy atom. The summed E-state index contributed by atoms with van der Waals surface area (Å²) >= 11 is 1.65. The number of nitrogens with zero attached hydrogens (tertiary/aromatic N) is 1. The molecule has 0 atom stereocenters. The van der Waals surface area contributed by atoms with Crippen molar-refractivity contribution in [3.63, 3.8) is 0 Å². The quantitative estimate of drug-likeness (QED) is 0.852. The van der Waals surface area contributed by atoms with E-state index in [1.807, 2.05) is 24.6 Å².